The van der Waals surface area contributed by atoms with Crippen molar-refractivity contribution in [1.29, 1.82) is 0 Å². The van der Waals surface area contributed by atoms with Crippen molar-refractivity contribution in [2.24, 2.45) is 11.3 Å². The molecule has 1 aliphatic carbocycles. The molecule has 2 rings (SSSR count). The van der Waals surface area contributed by atoms with Crippen LogP contribution in [0.2, 0.25) is 0 Å². The Morgan fingerprint density at radius 1 is 1.25 bits per heavy atom. The van der Waals surface area contributed by atoms with Crippen molar-refractivity contribution in [3.63, 3.8) is 0 Å². The van der Waals surface area contributed by atoms with Crippen LogP contribution in [-0.4, -0.2) is 65.7 Å². The van der Waals surface area contributed by atoms with E-state index >= 15 is 0 Å². The minimum Gasteiger partial charge on any atom is -0.465 e. The van der Waals surface area contributed by atoms with Gasteiger partial charge in [0.25, 0.3) is 0 Å². The molecule has 6 heteroatoms. The first-order chi connectivity index (χ1) is 9.36. The summed E-state index contributed by atoms with van der Waals surface area (Å²) in [4.78, 5) is 27.6. The first kappa shape index (κ1) is 15.1. The summed E-state index contributed by atoms with van der Waals surface area (Å²) in [5, 5.41) is 11.3. The number of piperazine rings is 1. The first-order valence-corrected chi connectivity index (χ1v) is 7.36. The van der Waals surface area contributed by atoms with Gasteiger partial charge in [-0.15, -0.1) is 0 Å². The van der Waals surface area contributed by atoms with Crippen LogP contribution in [0.5, 0.6) is 0 Å². The Morgan fingerprint density at radius 3 is 2.30 bits per heavy atom. The van der Waals surface area contributed by atoms with Crippen LogP contribution in [-0.2, 0) is 4.79 Å². The average molecular weight is 283 g/mol. The lowest BCUT2D eigenvalue weighted by molar-refractivity contribution is -0.150. The Balaban J connectivity index is 1.90. The number of likely N-dealkylation sites (N-methyl/N-ethyl adjacent to an activating group) is 1. The molecule has 0 radical (unpaired) electrons. The molecule has 0 aromatic rings. The molecule has 2 fully saturated rings. The van der Waals surface area contributed by atoms with Crippen molar-refractivity contribution >= 4 is 12.0 Å². The molecule has 1 saturated heterocycles. The number of amides is 2. The zero-order valence-corrected chi connectivity index (χ0v) is 12.6. The second-order valence-corrected chi connectivity index (χ2v) is 6.37. The lowest BCUT2D eigenvalue weighted by atomic mass is 9.58. The Bertz CT molecular complexity index is 389. The van der Waals surface area contributed by atoms with Gasteiger partial charge in [-0.3, -0.25) is 4.79 Å². The van der Waals surface area contributed by atoms with Gasteiger partial charge in [0.1, 0.15) is 0 Å². The third-order valence-corrected chi connectivity index (χ3v) is 4.99. The largest absolute Gasteiger partial charge is 0.465 e. The highest BCUT2D eigenvalue weighted by Gasteiger charge is 2.53. The van der Waals surface area contributed by atoms with Crippen molar-refractivity contribution in [1.82, 2.24) is 15.1 Å². The smallest absolute Gasteiger partial charge is 0.404 e. The van der Waals surface area contributed by atoms with Crippen molar-refractivity contribution < 1.29 is 14.7 Å². The van der Waals surface area contributed by atoms with Crippen LogP contribution in [0, 0.1) is 11.3 Å². The van der Waals surface area contributed by atoms with E-state index in [1.807, 2.05) is 18.7 Å². The van der Waals surface area contributed by atoms with Gasteiger partial charge in [0.2, 0.25) is 5.91 Å². The summed E-state index contributed by atoms with van der Waals surface area (Å²) < 4.78 is 0. The van der Waals surface area contributed by atoms with Crippen molar-refractivity contribution in [3.8, 4) is 0 Å². The standard InChI is InChI=1S/C14H25N3O3/c1-4-16-5-7-17(8-6-16)12(18)10-9-11(14(10,2)3)15-13(19)20/h10-11,15H,4-9H2,1-3H3,(H,19,20)/t10-,11?/m0/s1. The fourth-order valence-corrected chi connectivity index (χ4v) is 3.24. The molecule has 0 aromatic heterocycles. The minimum atomic E-state index is -1.01. The molecule has 0 bridgehead atoms. The summed E-state index contributed by atoms with van der Waals surface area (Å²) in [6, 6.07) is -0.120. The van der Waals surface area contributed by atoms with E-state index in [4.69, 9.17) is 5.11 Å². The Morgan fingerprint density at radius 2 is 1.85 bits per heavy atom. The minimum absolute atomic E-state index is 0.0625. The van der Waals surface area contributed by atoms with Crippen LogP contribution in [0.1, 0.15) is 27.2 Å². The van der Waals surface area contributed by atoms with Crippen molar-refractivity contribution in [3.05, 3.63) is 0 Å². The highest BCUT2D eigenvalue weighted by atomic mass is 16.4. The summed E-state index contributed by atoms with van der Waals surface area (Å²) >= 11 is 0. The van der Waals surface area contributed by atoms with E-state index in [2.05, 4.69) is 17.1 Å². The fourth-order valence-electron chi connectivity index (χ4n) is 3.24. The summed E-state index contributed by atoms with van der Waals surface area (Å²) in [6.45, 7) is 10.6. The molecule has 2 aliphatic rings. The van der Waals surface area contributed by atoms with Crippen molar-refractivity contribution in [2.75, 3.05) is 32.7 Å². The molecule has 0 aromatic carbocycles. The highest BCUT2D eigenvalue weighted by molar-refractivity contribution is 5.81. The normalized spacial score (nSPS) is 29.6. The molecule has 1 heterocycles. The summed E-state index contributed by atoms with van der Waals surface area (Å²) in [5.74, 6) is 0.127. The van der Waals surface area contributed by atoms with E-state index in [1.54, 1.807) is 0 Å². The quantitative estimate of drug-likeness (QED) is 0.805. The van der Waals surface area contributed by atoms with Gasteiger partial charge in [0.15, 0.2) is 0 Å². The van der Waals surface area contributed by atoms with E-state index in [9.17, 15) is 9.59 Å². The van der Waals surface area contributed by atoms with Crippen LogP contribution in [0.15, 0.2) is 0 Å². The van der Waals surface area contributed by atoms with E-state index in [-0.39, 0.29) is 23.3 Å². The number of hydrogen-bond donors (Lipinski definition) is 2. The molecule has 114 valence electrons. The van der Waals surface area contributed by atoms with Gasteiger partial charge in [-0.25, -0.2) is 4.79 Å². The molecule has 1 saturated carbocycles. The average Bonchev–Trinajstić information content (AvgIpc) is 2.42. The fraction of sp³-hybridized carbons (Fsp3) is 0.857. The number of carbonyl (C=O) groups excluding carboxylic acids is 1. The number of carbonyl (C=O) groups is 2. The van der Waals surface area contributed by atoms with Crippen LogP contribution in [0.3, 0.4) is 0 Å². The lowest BCUT2D eigenvalue weighted by Gasteiger charge is -2.52. The molecule has 2 atom stereocenters. The van der Waals surface area contributed by atoms with Gasteiger partial charge in [0.05, 0.1) is 0 Å². The predicted molar refractivity (Wildman–Crippen MR) is 75.5 cm³/mol. The lowest BCUT2D eigenvalue weighted by Crippen LogP contribution is -2.63. The molecule has 1 aliphatic heterocycles. The van der Waals surface area contributed by atoms with Gasteiger partial charge in [-0.2, -0.15) is 0 Å². The topological polar surface area (TPSA) is 72.9 Å². The molecule has 20 heavy (non-hydrogen) atoms. The zero-order chi connectivity index (χ0) is 14.9. The molecule has 6 nitrogen and oxygen atoms in total. The SMILES string of the molecule is CCN1CCN(C(=O)[C@@H]2CC(NC(=O)O)C2(C)C)CC1. The van der Waals surface area contributed by atoms with Gasteiger partial charge < -0.3 is 20.2 Å². The zero-order valence-electron chi connectivity index (χ0n) is 12.6. The second-order valence-electron chi connectivity index (χ2n) is 6.37. The molecule has 0 spiro atoms. The van der Waals surface area contributed by atoms with Crippen molar-refractivity contribution in [2.45, 2.75) is 33.2 Å². The summed E-state index contributed by atoms with van der Waals surface area (Å²) in [5.41, 5.74) is -0.294. The highest BCUT2D eigenvalue weighted by Crippen LogP contribution is 2.47. The summed E-state index contributed by atoms with van der Waals surface area (Å²) in [7, 11) is 0. The Labute approximate surface area is 120 Å². The Hall–Kier alpha value is -1.30. The van der Waals surface area contributed by atoms with Crippen LogP contribution < -0.4 is 5.32 Å². The number of hydrogen-bond acceptors (Lipinski definition) is 3. The summed E-state index contributed by atoms with van der Waals surface area (Å²) in [6.07, 6.45) is -0.392. The predicted octanol–water partition coefficient (Wildman–Crippen LogP) is 0.833. The Kier molecular flexibility index (Phi) is 4.22. The van der Waals surface area contributed by atoms with E-state index in [1.165, 1.54) is 0 Å². The maximum atomic E-state index is 12.6. The number of rotatable bonds is 3. The number of nitrogens with one attached hydrogen (secondary N) is 1. The third-order valence-electron chi connectivity index (χ3n) is 4.99. The second kappa shape index (κ2) is 5.60. The first-order valence-electron chi connectivity index (χ1n) is 7.36. The van der Waals surface area contributed by atoms with Gasteiger partial charge >= 0.3 is 6.09 Å². The monoisotopic (exact) mass is 283 g/mol. The van der Waals surface area contributed by atoms with Gasteiger partial charge in [0, 0.05) is 38.1 Å². The van der Waals surface area contributed by atoms with Crippen LogP contribution in [0.25, 0.3) is 0 Å². The molecule has 1 unspecified atom stereocenters. The molecular formula is C14H25N3O3. The molecule has 2 amide bonds. The van der Waals surface area contributed by atoms with Gasteiger partial charge in [-0.1, -0.05) is 20.8 Å². The number of carboxylic acid groups (broad SMARTS) is 1. The van der Waals surface area contributed by atoms with Gasteiger partial charge in [-0.05, 0) is 18.4 Å². The number of nitrogens with zero attached hydrogens (tertiary/aromatic N) is 2. The van der Waals surface area contributed by atoms with Crippen LogP contribution >= 0.6 is 0 Å². The van der Waals surface area contributed by atoms with E-state index in [0.717, 1.165) is 32.7 Å². The molecular weight excluding hydrogens is 258 g/mol. The maximum absolute atomic E-state index is 12.6. The van der Waals surface area contributed by atoms with E-state index in [0.29, 0.717) is 6.42 Å². The maximum Gasteiger partial charge on any atom is 0.404 e. The van der Waals surface area contributed by atoms with E-state index < -0.39 is 6.09 Å². The molecule has 2 N–H and O–H groups in total. The van der Waals surface area contributed by atoms with Crippen LogP contribution in [0.4, 0.5) is 4.79 Å². The third kappa shape index (κ3) is 2.75.